The Labute approximate surface area is 181 Å². The zero-order chi connectivity index (χ0) is 18.5. The summed E-state index contributed by atoms with van der Waals surface area (Å²) in [6.07, 6.45) is 5.97. The maximum absolute atomic E-state index is 5.02. The van der Waals surface area contributed by atoms with E-state index in [-0.39, 0.29) is 24.0 Å². The van der Waals surface area contributed by atoms with Crippen LogP contribution in [-0.4, -0.2) is 64.3 Å². The summed E-state index contributed by atoms with van der Waals surface area (Å²) in [5.74, 6) is 1.07. The maximum atomic E-state index is 5.02. The number of nitrogens with one attached hydrogen (secondary N) is 1. The average molecular weight is 488 g/mol. The first-order chi connectivity index (χ1) is 12.7. The van der Waals surface area contributed by atoms with Crippen LogP contribution in [0, 0.1) is 0 Å². The number of aromatic nitrogens is 2. The maximum Gasteiger partial charge on any atom is 0.194 e. The number of hydrogen-bond donors (Lipinski definition) is 1. The minimum Gasteiger partial charge on any atom is -0.357 e. The van der Waals surface area contributed by atoms with Gasteiger partial charge in [0.15, 0.2) is 5.96 Å². The summed E-state index contributed by atoms with van der Waals surface area (Å²) in [5, 5.41) is 8.21. The number of rotatable bonds is 6. The van der Waals surface area contributed by atoms with Gasteiger partial charge in [0.25, 0.3) is 0 Å². The standard InChI is InChI=1S/C20H36N6.HI/c1-5-18-17(19(6-2)24(4)23-18)14-22-20(21-7-3)26-13-10-16(15-26)25-11-8-9-12-25;/h16H,5-15H2,1-4H3,(H,21,22);1H. The largest absolute Gasteiger partial charge is 0.357 e. The second kappa shape index (κ2) is 10.6. The van der Waals surface area contributed by atoms with E-state index in [1.54, 1.807) is 0 Å². The van der Waals surface area contributed by atoms with Crippen molar-refractivity contribution < 1.29 is 0 Å². The summed E-state index contributed by atoms with van der Waals surface area (Å²) in [7, 11) is 2.05. The molecule has 0 radical (unpaired) electrons. The number of aliphatic imine (C=N–C) groups is 1. The van der Waals surface area contributed by atoms with Gasteiger partial charge in [-0.25, -0.2) is 4.99 Å². The third-order valence-corrected chi connectivity index (χ3v) is 5.87. The Morgan fingerprint density at radius 2 is 1.89 bits per heavy atom. The van der Waals surface area contributed by atoms with Gasteiger partial charge in [-0.05, 0) is 52.1 Å². The summed E-state index contributed by atoms with van der Waals surface area (Å²) in [4.78, 5) is 10.2. The molecule has 6 nitrogen and oxygen atoms in total. The van der Waals surface area contributed by atoms with Crippen molar-refractivity contribution in [2.24, 2.45) is 12.0 Å². The fourth-order valence-electron chi connectivity index (χ4n) is 4.49. The van der Waals surface area contributed by atoms with Crippen LogP contribution in [0.5, 0.6) is 0 Å². The number of guanidine groups is 1. The fraction of sp³-hybridized carbons (Fsp3) is 0.800. The number of nitrogens with zero attached hydrogens (tertiary/aromatic N) is 5. The summed E-state index contributed by atoms with van der Waals surface area (Å²) in [6.45, 7) is 13.0. The highest BCUT2D eigenvalue weighted by atomic mass is 127. The third kappa shape index (κ3) is 5.16. The molecule has 1 unspecified atom stereocenters. The molecule has 154 valence electrons. The molecule has 0 saturated carbocycles. The van der Waals surface area contributed by atoms with Gasteiger partial charge in [-0.3, -0.25) is 9.58 Å². The second-order valence-corrected chi connectivity index (χ2v) is 7.50. The molecule has 0 amide bonds. The van der Waals surface area contributed by atoms with E-state index in [1.165, 1.54) is 49.3 Å². The topological polar surface area (TPSA) is 48.7 Å². The number of halogens is 1. The molecule has 1 aromatic rings. The van der Waals surface area contributed by atoms with E-state index in [0.29, 0.717) is 6.04 Å². The van der Waals surface area contributed by atoms with E-state index in [1.807, 2.05) is 4.68 Å². The van der Waals surface area contributed by atoms with E-state index in [4.69, 9.17) is 10.1 Å². The molecule has 7 heteroatoms. The zero-order valence-corrected chi connectivity index (χ0v) is 19.8. The smallest absolute Gasteiger partial charge is 0.194 e. The highest BCUT2D eigenvalue weighted by molar-refractivity contribution is 14.0. The summed E-state index contributed by atoms with van der Waals surface area (Å²) in [5.41, 5.74) is 3.83. The van der Waals surface area contributed by atoms with Crippen molar-refractivity contribution in [2.45, 2.75) is 65.5 Å². The Kier molecular flexibility index (Phi) is 8.85. The van der Waals surface area contributed by atoms with E-state index >= 15 is 0 Å². The van der Waals surface area contributed by atoms with Crippen molar-refractivity contribution in [1.29, 1.82) is 0 Å². The Bertz CT molecular complexity index is 620. The first-order valence-corrected chi connectivity index (χ1v) is 10.5. The Morgan fingerprint density at radius 3 is 2.52 bits per heavy atom. The van der Waals surface area contributed by atoms with Crippen LogP contribution in [0.3, 0.4) is 0 Å². The van der Waals surface area contributed by atoms with Gasteiger partial charge in [0.2, 0.25) is 0 Å². The minimum atomic E-state index is 0. The van der Waals surface area contributed by atoms with Crippen molar-refractivity contribution in [3.05, 3.63) is 17.0 Å². The zero-order valence-electron chi connectivity index (χ0n) is 17.5. The van der Waals surface area contributed by atoms with Crippen molar-refractivity contribution in [3.8, 4) is 0 Å². The van der Waals surface area contributed by atoms with Crippen molar-refractivity contribution in [2.75, 3.05) is 32.7 Å². The predicted molar refractivity (Wildman–Crippen MR) is 123 cm³/mol. The molecule has 1 N–H and O–H groups in total. The summed E-state index contributed by atoms with van der Waals surface area (Å²) < 4.78 is 2.04. The highest BCUT2D eigenvalue weighted by Gasteiger charge is 2.30. The van der Waals surface area contributed by atoms with Gasteiger partial charge >= 0.3 is 0 Å². The van der Waals surface area contributed by atoms with Gasteiger partial charge in [-0.15, -0.1) is 24.0 Å². The quantitative estimate of drug-likeness (QED) is 0.380. The molecule has 2 saturated heterocycles. The highest BCUT2D eigenvalue weighted by Crippen LogP contribution is 2.21. The normalized spacial score (nSPS) is 21.0. The Hall–Kier alpha value is -0.830. The van der Waals surface area contributed by atoms with Crippen LogP contribution < -0.4 is 5.32 Å². The molecule has 2 aliphatic heterocycles. The van der Waals surface area contributed by atoms with Crippen molar-refractivity contribution in [1.82, 2.24) is 24.9 Å². The van der Waals surface area contributed by atoms with Gasteiger partial charge in [0.05, 0.1) is 12.2 Å². The minimum absolute atomic E-state index is 0. The van der Waals surface area contributed by atoms with Crippen LogP contribution in [-0.2, 0) is 26.4 Å². The molecule has 1 aromatic heterocycles. The molecule has 27 heavy (non-hydrogen) atoms. The third-order valence-electron chi connectivity index (χ3n) is 5.87. The van der Waals surface area contributed by atoms with E-state index in [9.17, 15) is 0 Å². The molecule has 0 aromatic carbocycles. The van der Waals surface area contributed by atoms with Gasteiger partial charge in [-0.2, -0.15) is 5.10 Å². The summed E-state index contributed by atoms with van der Waals surface area (Å²) in [6, 6.07) is 0.706. The lowest BCUT2D eigenvalue weighted by molar-refractivity contribution is 0.249. The first-order valence-electron chi connectivity index (χ1n) is 10.5. The van der Waals surface area contributed by atoms with Gasteiger partial charge in [0.1, 0.15) is 0 Å². The molecule has 3 heterocycles. The predicted octanol–water partition coefficient (Wildman–Crippen LogP) is 2.80. The molecule has 2 fully saturated rings. The lowest BCUT2D eigenvalue weighted by Crippen LogP contribution is -2.42. The molecule has 0 spiro atoms. The van der Waals surface area contributed by atoms with E-state index in [2.05, 4.69) is 42.9 Å². The van der Waals surface area contributed by atoms with Crippen LogP contribution in [0.4, 0.5) is 0 Å². The van der Waals surface area contributed by atoms with Gasteiger partial charge in [-0.1, -0.05) is 13.8 Å². The van der Waals surface area contributed by atoms with Crippen LogP contribution in [0.15, 0.2) is 4.99 Å². The fourth-order valence-corrected chi connectivity index (χ4v) is 4.49. The Morgan fingerprint density at radius 1 is 1.15 bits per heavy atom. The summed E-state index contributed by atoms with van der Waals surface area (Å²) >= 11 is 0. The Balaban J connectivity index is 0.00000261. The molecule has 0 bridgehead atoms. The number of aryl methyl sites for hydroxylation is 2. The average Bonchev–Trinajstić information content (AvgIpc) is 3.37. The van der Waals surface area contributed by atoms with Crippen LogP contribution in [0.2, 0.25) is 0 Å². The van der Waals surface area contributed by atoms with E-state index in [0.717, 1.165) is 45.0 Å². The lowest BCUT2D eigenvalue weighted by atomic mass is 10.1. The number of hydrogen-bond acceptors (Lipinski definition) is 3. The molecule has 0 aliphatic carbocycles. The SMILES string of the molecule is CCNC(=NCc1c(CC)nn(C)c1CC)N1CCC(N2CCCC2)C1.I. The van der Waals surface area contributed by atoms with Gasteiger partial charge < -0.3 is 10.2 Å². The monoisotopic (exact) mass is 488 g/mol. The second-order valence-electron chi connectivity index (χ2n) is 7.50. The molecule has 3 rings (SSSR count). The van der Waals surface area contributed by atoms with Crippen LogP contribution >= 0.6 is 24.0 Å². The lowest BCUT2D eigenvalue weighted by Gasteiger charge is -2.25. The van der Waals surface area contributed by atoms with Crippen LogP contribution in [0.1, 0.15) is 57.0 Å². The first kappa shape index (κ1) is 22.5. The van der Waals surface area contributed by atoms with Gasteiger partial charge in [0, 0.05) is 44.0 Å². The van der Waals surface area contributed by atoms with Crippen LogP contribution in [0.25, 0.3) is 0 Å². The van der Waals surface area contributed by atoms with Crippen molar-refractivity contribution >= 4 is 29.9 Å². The van der Waals surface area contributed by atoms with E-state index < -0.39 is 0 Å². The molecule has 1 atom stereocenters. The van der Waals surface area contributed by atoms with Crippen molar-refractivity contribution in [3.63, 3.8) is 0 Å². The molecule has 2 aliphatic rings. The number of likely N-dealkylation sites (tertiary alicyclic amines) is 2. The molecular formula is C20H37IN6. The molecular weight excluding hydrogens is 451 g/mol.